The van der Waals surface area contributed by atoms with Crippen LogP contribution in [0.25, 0.3) is 0 Å². The fourth-order valence-electron chi connectivity index (χ4n) is 1.74. The van der Waals surface area contributed by atoms with E-state index in [1.807, 2.05) is 20.8 Å². The summed E-state index contributed by atoms with van der Waals surface area (Å²) >= 11 is 0. The average Bonchev–Trinajstić information content (AvgIpc) is 2.23. The van der Waals surface area contributed by atoms with Crippen LogP contribution >= 0.6 is 0 Å². The Morgan fingerprint density at radius 2 is 2.00 bits per heavy atom. The van der Waals surface area contributed by atoms with Crippen LogP contribution in [0.1, 0.15) is 27.2 Å². The molecule has 0 atom stereocenters. The van der Waals surface area contributed by atoms with Crippen molar-refractivity contribution in [2.24, 2.45) is 0 Å². The second-order valence-corrected chi connectivity index (χ2v) is 5.37. The first-order valence-electron chi connectivity index (χ1n) is 6.37. The topological polar surface area (TPSA) is 53.6 Å². The van der Waals surface area contributed by atoms with Crippen LogP contribution in [0, 0.1) is 0 Å². The molecule has 0 bridgehead atoms. The van der Waals surface area contributed by atoms with E-state index < -0.39 is 5.60 Å². The molecule has 100 valence electrons. The molecule has 0 radical (unpaired) electrons. The van der Waals surface area contributed by atoms with E-state index >= 15 is 0 Å². The van der Waals surface area contributed by atoms with Crippen LogP contribution in [0.5, 0.6) is 0 Å². The van der Waals surface area contributed by atoms with E-state index in [9.17, 15) is 4.79 Å². The molecule has 1 saturated heterocycles. The van der Waals surface area contributed by atoms with Crippen LogP contribution < -0.4 is 10.6 Å². The molecule has 1 aliphatic rings. The molecule has 0 unspecified atom stereocenters. The molecule has 1 amide bonds. The van der Waals surface area contributed by atoms with E-state index in [0.717, 1.165) is 39.1 Å². The lowest BCUT2D eigenvalue weighted by Crippen LogP contribution is -2.44. The van der Waals surface area contributed by atoms with Crippen molar-refractivity contribution in [1.29, 1.82) is 0 Å². The fourth-order valence-corrected chi connectivity index (χ4v) is 1.74. The molecule has 0 saturated carbocycles. The van der Waals surface area contributed by atoms with E-state index in [2.05, 4.69) is 15.5 Å². The molecule has 0 aromatic carbocycles. The number of hydrogen-bond donors (Lipinski definition) is 2. The largest absolute Gasteiger partial charge is 0.444 e. The van der Waals surface area contributed by atoms with Gasteiger partial charge in [-0.2, -0.15) is 0 Å². The van der Waals surface area contributed by atoms with Crippen molar-refractivity contribution in [1.82, 2.24) is 15.5 Å². The smallest absolute Gasteiger partial charge is 0.407 e. The van der Waals surface area contributed by atoms with Crippen molar-refractivity contribution in [3.8, 4) is 0 Å². The molecule has 2 N–H and O–H groups in total. The normalized spacial score (nSPS) is 17.8. The second kappa shape index (κ2) is 6.81. The summed E-state index contributed by atoms with van der Waals surface area (Å²) in [5, 5.41) is 6.09. The van der Waals surface area contributed by atoms with Gasteiger partial charge in [-0.05, 0) is 33.7 Å². The quantitative estimate of drug-likeness (QED) is 0.717. The Hall–Kier alpha value is -0.810. The molecular formula is C12H25N3O2. The standard InChI is InChI=1S/C12H25N3O2/c1-12(2,3)17-11(16)14-5-4-8-15-9-6-13-7-10-15/h13H,4-10H2,1-3H3,(H,14,16). The molecule has 0 aromatic rings. The number of hydrogen-bond acceptors (Lipinski definition) is 4. The van der Waals surface area contributed by atoms with E-state index in [0.29, 0.717) is 6.54 Å². The first-order valence-corrected chi connectivity index (χ1v) is 6.37. The van der Waals surface area contributed by atoms with Crippen molar-refractivity contribution in [2.75, 3.05) is 39.3 Å². The predicted molar refractivity (Wildman–Crippen MR) is 68.2 cm³/mol. The van der Waals surface area contributed by atoms with Gasteiger partial charge in [0, 0.05) is 32.7 Å². The highest BCUT2D eigenvalue weighted by atomic mass is 16.6. The molecule has 1 fully saturated rings. The summed E-state index contributed by atoms with van der Waals surface area (Å²) < 4.78 is 5.16. The maximum atomic E-state index is 11.4. The van der Waals surface area contributed by atoms with E-state index in [1.165, 1.54) is 0 Å². The maximum Gasteiger partial charge on any atom is 0.407 e. The zero-order valence-corrected chi connectivity index (χ0v) is 11.2. The summed E-state index contributed by atoms with van der Waals surface area (Å²) in [6.07, 6.45) is 0.650. The minimum Gasteiger partial charge on any atom is -0.444 e. The van der Waals surface area contributed by atoms with Crippen molar-refractivity contribution >= 4 is 6.09 Å². The van der Waals surface area contributed by atoms with Gasteiger partial charge < -0.3 is 20.3 Å². The second-order valence-electron chi connectivity index (χ2n) is 5.37. The molecule has 17 heavy (non-hydrogen) atoms. The number of alkyl carbamates (subject to hydrolysis) is 1. The molecule has 1 rings (SSSR count). The molecular weight excluding hydrogens is 218 g/mol. The van der Waals surface area contributed by atoms with Crippen LogP contribution in [0.2, 0.25) is 0 Å². The van der Waals surface area contributed by atoms with Crippen LogP contribution in [-0.2, 0) is 4.74 Å². The summed E-state index contributed by atoms with van der Waals surface area (Å²) in [4.78, 5) is 13.8. The van der Waals surface area contributed by atoms with Crippen molar-refractivity contribution in [2.45, 2.75) is 32.8 Å². The third-order valence-corrected chi connectivity index (χ3v) is 2.53. The number of rotatable bonds is 4. The summed E-state index contributed by atoms with van der Waals surface area (Å²) in [6, 6.07) is 0. The van der Waals surface area contributed by atoms with E-state index in [-0.39, 0.29) is 6.09 Å². The van der Waals surface area contributed by atoms with Gasteiger partial charge >= 0.3 is 6.09 Å². The Kier molecular flexibility index (Phi) is 5.71. The first-order chi connectivity index (χ1) is 7.97. The van der Waals surface area contributed by atoms with Crippen LogP contribution in [-0.4, -0.2) is 55.9 Å². The minimum atomic E-state index is -0.414. The Morgan fingerprint density at radius 1 is 1.35 bits per heavy atom. The molecule has 0 aromatic heterocycles. The Labute approximate surface area is 104 Å². The van der Waals surface area contributed by atoms with Gasteiger partial charge in [-0.1, -0.05) is 0 Å². The monoisotopic (exact) mass is 243 g/mol. The molecule has 0 aliphatic carbocycles. The van der Waals surface area contributed by atoms with Gasteiger partial charge in [-0.25, -0.2) is 4.79 Å². The van der Waals surface area contributed by atoms with Crippen molar-refractivity contribution < 1.29 is 9.53 Å². The number of nitrogens with zero attached hydrogens (tertiary/aromatic N) is 1. The van der Waals surface area contributed by atoms with Crippen LogP contribution in [0.15, 0.2) is 0 Å². The Morgan fingerprint density at radius 3 is 2.59 bits per heavy atom. The number of nitrogens with one attached hydrogen (secondary N) is 2. The third kappa shape index (κ3) is 7.18. The highest BCUT2D eigenvalue weighted by molar-refractivity contribution is 5.67. The number of carbonyl (C=O) groups excluding carboxylic acids is 1. The number of ether oxygens (including phenoxy) is 1. The Balaban J connectivity index is 2.01. The van der Waals surface area contributed by atoms with Crippen LogP contribution in [0.4, 0.5) is 4.79 Å². The van der Waals surface area contributed by atoms with Gasteiger partial charge in [-0.15, -0.1) is 0 Å². The van der Waals surface area contributed by atoms with E-state index in [4.69, 9.17) is 4.74 Å². The predicted octanol–water partition coefficient (Wildman–Crippen LogP) is 0.806. The zero-order valence-electron chi connectivity index (χ0n) is 11.2. The van der Waals surface area contributed by atoms with Gasteiger partial charge in [-0.3, -0.25) is 0 Å². The molecule has 0 spiro atoms. The lowest BCUT2D eigenvalue weighted by Gasteiger charge is -2.27. The maximum absolute atomic E-state index is 11.4. The number of piperazine rings is 1. The Bertz CT molecular complexity index is 232. The lowest BCUT2D eigenvalue weighted by molar-refractivity contribution is 0.0525. The third-order valence-electron chi connectivity index (χ3n) is 2.53. The highest BCUT2D eigenvalue weighted by Crippen LogP contribution is 2.06. The molecule has 1 aliphatic heterocycles. The van der Waals surface area contributed by atoms with Crippen LogP contribution in [0.3, 0.4) is 0 Å². The molecule has 5 nitrogen and oxygen atoms in total. The van der Waals surface area contributed by atoms with Gasteiger partial charge in [0.1, 0.15) is 5.60 Å². The summed E-state index contributed by atoms with van der Waals surface area (Å²) in [6.45, 7) is 11.7. The first kappa shape index (κ1) is 14.3. The number of carbonyl (C=O) groups is 1. The molecule has 5 heteroatoms. The summed E-state index contributed by atoms with van der Waals surface area (Å²) in [5.74, 6) is 0. The van der Waals surface area contributed by atoms with Gasteiger partial charge in [0.2, 0.25) is 0 Å². The van der Waals surface area contributed by atoms with Crippen molar-refractivity contribution in [3.05, 3.63) is 0 Å². The SMILES string of the molecule is CC(C)(C)OC(=O)NCCCN1CCNCC1. The summed E-state index contributed by atoms with van der Waals surface area (Å²) in [7, 11) is 0. The van der Waals surface area contributed by atoms with E-state index in [1.54, 1.807) is 0 Å². The molecule has 1 heterocycles. The van der Waals surface area contributed by atoms with Gasteiger partial charge in [0.15, 0.2) is 0 Å². The van der Waals surface area contributed by atoms with Gasteiger partial charge in [0.05, 0.1) is 0 Å². The minimum absolute atomic E-state index is 0.321. The fraction of sp³-hybridized carbons (Fsp3) is 0.917. The summed E-state index contributed by atoms with van der Waals surface area (Å²) in [5.41, 5.74) is -0.414. The van der Waals surface area contributed by atoms with Gasteiger partial charge in [0.25, 0.3) is 0 Å². The zero-order chi connectivity index (χ0) is 12.7. The number of amides is 1. The average molecular weight is 243 g/mol. The van der Waals surface area contributed by atoms with Crippen molar-refractivity contribution in [3.63, 3.8) is 0 Å². The highest BCUT2D eigenvalue weighted by Gasteiger charge is 2.15. The lowest BCUT2D eigenvalue weighted by atomic mass is 10.2.